The topological polar surface area (TPSA) is 104 Å². The smallest absolute Gasteiger partial charge is 0.334 e. The summed E-state index contributed by atoms with van der Waals surface area (Å²) in [5.74, 6) is -0.683. The minimum atomic E-state index is -0.614. The summed E-state index contributed by atoms with van der Waals surface area (Å²) < 4.78 is 10.1. The molecule has 0 aromatic heterocycles. The maximum absolute atomic E-state index is 11.9. The fraction of sp³-hybridized carbons (Fsp3) is 0.875. The number of hydrogen-bond acceptors (Lipinski definition) is 7. The Balaban J connectivity index is 2.27. The van der Waals surface area contributed by atoms with Gasteiger partial charge in [-0.3, -0.25) is 4.79 Å². The van der Waals surface area contributed by atoms with Crippen LogP contribution in [0, 0.1) is 5.21 Å². The molecule has 0 aromatic rings. The molecule has 0 bridgehead atoms. The van der Waals surface area contributed by atoms with E-state index in [4.69, 9.17) is 14.3 Å². The summed E-state index contributed by atoms with van der Waals surface area (Å²) in [6.45, 7) is 8.08. The lowest BCUT2D eigenvalue weighted by Crippen LogP contribution is -2.41. The fourth-order valence-electron chi connectivity index (χ4n) is 2.40. The number of carbonyl (C=O) groups excluding carboxylic acids is 2. The van der Waals surface area contributed by atoms with Gasteiger partial charge in [0.05, 0.1) is 18.1 Å². The maximum Gasteiger partial charge on any atom is 0.334 e. The first-order chi connectivity index (χ1) is 11.7. The van der Waals surface area contributed by atoms with E-state index < -0.39 is 17.6 Å². The summed E-state index contributed by atoms with van der Waals surface area (Å²) in [7, 11) is 0. The SMILES string of the molecule is CCOC(=O)[C@@H]1CCCN1[N+]([O-])=NOCCCCC(=O)OC(C)(C)C. The average molecular weight is 359 g/mol. The summed E-state index contributed by atoms with van der Waals surface area (Å²) in [6, 6.07) is -0.614. The Morgan fingerprint density at radius 1 is 1.32 bits per heavy atom. The van der Waals surface area contributed by atoms with Gasteiger partial charge < -0.3 is 19.5 Å². The molecule has 0 unspecified atom stereocenters. The monoisotopic (exact) mass is 359 g/mol. The van der Waals surface area contributed by atoms with Gasteiger partial charge in [0.1, 0.15) is 12.2 Å². The molecule has 1 aliphatic rings. The summed E-state index contributed by atoms with van der Waals surface area (Å²) in [6.07, 6.45) is 2.71. The van der Waals surface area contributed by atoms with E-state index in [1.54, 1.807) is 6.92 Å². The molecule has 0 N–H and O–H groups in total. The lowest BCUT2D eigenvalue weighted by Gasteiger charge is -2.19. The first-order valence-corrected chi connectivity index (χ1v) is 8.70. The second-order valence-electron chi connectivity index (χ2n) is 6.78. The Hall–Kier alpha value is -2.06. The third kappa shape index (κ3) is 8.04. The zero-order valence-corrected chi connectivity index (χ0v) is 15.5. The number of unbranched alkanes of at least 4 members (excludes halogenated alkanes) is 1. The van der Waals surface area contributed by atoms with Crippen LogP contribution in [0.15, 0.2) is 5.28 Å². The quantitative estimate of drug-likeness (QED) is 0.205. The number of carbonyl (C=O) groups is 2. The summed E-state index contributed by atoms with van der Waals surface area (Å²) in [4.78, 5) is 28.6. The number of hydrazine groups is 1. The summed E-state index contributed by atoms with van der Waals surface area (Å²) in [5, 5.41) is 16.7. The van der Waals surface area contributed by atoms with Crippen molar-refractivity contribution in [2.75, 3.05) is 19.8 Å². The number of hydrogen-bond donors (Lipinski definition) is 0. The molecule has 9 nitrogen and oxygen atoms in total. The Labute approximate surface area is 148 Å². The van der Waals surface area contributed by atoms with Gasteiger partial charge in [0.2, 0.25) is 5.28 Å². The summed E-state index contributed by atoms with van der Waals surface area (Å²) >= 11 is 0. The average Bonchev–Trinajstić information content (AvgIpc) is 2.98. The number of ether oxygens (including phenoxy) is 2. The predicted octanol–water partition coefficient (Wildman–Crippen LogP) is 2.33. The first-order valence-electron chi connectivity index (χ1n) is 8.70. The predicted molar refractivity (Wildman–Crippen MR) is 88.1 cm³/mol. The molecule has 1 rings (SSSR count). The molecule has 1 heterocycles. The van der Waals surface area contributed by atoms with Crippen LogP contribution in [0.1, 0.15) is 59.8 Å². The molecule has 0 aromatic carbocycles. The van der Waals surface area contributed by atoms with Crippen LogP contribution < -0.4 is 0 Å². The highest BCUT2D eigenvalue weighted by molar-refractivity contribution is 5.75. The molecule has 9 heteroatoms. The number of nitrogens with zero attached hydrogens (tertiary/aromatic N) is 3. The molecule has 0 radical (unpaired) electrons. The third-order valence-electron chi connectivity index (χ3n) is 3.42. The molecule has 0 amide bonds. The Bertz CT molecular complexity index is 475. The molecular formula is C16H29N3O6. The van der Waals surface area contributed by atoms with Gasteiger partial charge >= 0.3 is 11.9 Å². The minimum absolute atomic E-state index is 0.208. The Morgan fingerprint density at radius 2 is 2.04 bits per heavy atom. The molecule has 0 spiro atoms. The lowest BCUT2D eigenvalue weighted by molar-refractivity contribution is -0.712. The molecule has 144 valence electrons. The normalized spacial score (nSPS) is 18.2. The van der Waals surface area contributed by atoms with Crippen LogP contribution in [0.3, 0.4) is 0 Å². The van der Waals surface area contributed by atoms with Crippen molar-refractivity contribution in [3.8, 4) is 0 Å². The van der Waals surface area contributed by atoms with Gasteiger partial charge in [-0.15, -0.1) is 5.01 Å². The van der Waals surface area contributed by atoms with Gasteiger partial charge in [-0.2, -0.15) is 0 Å². The molecule has 0 saturated carbocycles. The highest BCUT2D eigenvalue weighted by Gasteiger charge is 2.38. The molecule has 0 aliphatic carbocycles. The standard InChI is InChI=1S/C16H29N3O6/c1-5-23-15(21)13-9-8-11-18(13)19(22)17-24-12-7-6-10-14(20)25-16(2,3)4/h13H,5-12H2,1-4H3/t13-/m0/s1. The Morgan fingerprint density at radius 3 is 2.68 bits per heavy atom. The molecule has 25 heavy (non-hydrogen) atoms. The maximum atomic E-state index is 11.9. The van der Waals surface area contributed by atoms with Gasteiger partial charge in [0.15, 0.2) is 6.04 Å². The second kappa shape index (κ2) is 10.0. The second-order valence-corrected chi connectivity index (χ2v) is 6.78. The van der Waals surface area contributed by atoms with Gasteiger partial charge in [0.25, 0.3) is 0 Å². The van der Waals surface area contributed by atoms with Crippen LogP contribution in [-0.4, -0.2) is 53.3 Å². The lowest BCUT2D eigenvalue weighted by atomic mass is 10.2. The van der Waals surface area contributed by atoms with E-state index in [-0.39, 0.29) is 19.2 Å². The molecule has 1 atom stereocenters. The van der Waals surface area contributed by atoms with E-state index >= 15 is 0 Å². The minimum Gasteiger partial charge on any atom is -0.569 e. The summed E-state index contributed by atoms with van der Waals surface area (Å²) in [5.41, 5.74) is -0.489. The van der Waals surface area contributed by atoms with Crippen LogP contribution >= 0.6 is 0 Å². The zero-order chi connectivity index (χ0) is 18.9. The van der Waals surface area contributed by atoms with E-state index in [2.05, 4.69) is 5.28 Å². The van der Waals surface area contributed by atoms with E-state index in [0.29, 0.717) is 43.6 Å². The van der Waals surface area contributed by atoms with Gasteiger partial charge in [-0.05, 0) is 53.4 Å². The van der Waals surface area contributed by atoms with Crippen molar-refractivity contribution in [1.29, 1.82) is 0 Å². The molecule has 1 aliphatic heterocycles. The van der Waals surface area contributed by atoms with Crippen molar-refractivity contribution in [1.82, 2.24) is 5.01 Å². The third-order valence-corrected chi connectivity index (χ3v) is 3.42. The number of esters is 2. The van der Waals surface area contributed by atoms with E-state index in [1.165, 1.54) is 5.01 Å². The van der Waals surface area contributed by atoms with Crippen molar-refractivity contribution < 1.29 is 28.9 Å². The van der Waals surface area contributed by atoms with E-state index in [9.17, 15) is 14.8 Å². The van der Waals surface area contributed by atoms with Crippen molar-refractivity contribution in [3.63, 3.8) is 0 Å². The van der Waals surface area contributed by atoms with Crippen molar-refractivity contribution in [2.24, 2.45) is 5.28 Å². The van der Waals surface area contributed by atoms with Crippen LogP contribution in [0.4, 0.5) is 0 Å². The Kier molecular flexibility index (Phi) is 8.44. The van der Waals surface area contributed by atoms with Crippen LogP contribution in [0.2, 0.25) is 0 Å². The van der Waals surface area contributed by atoms with Crippen LogP contribution in [0.5, 0.6) is 0 Å². The molecule has 1 fully saturated rings. The highest BCUT2D eigenvalue weighted by atomic mass is 16.7. The van der Waals surface area contributed by atoms with Crippen molar-refractivity contribution in [2.45, 2.75) is 71.4 Å². The van der Waals surface area contributed by atoms with Crippen LogP contribution in [-0.2, 0) is 23.9 Å². The van der Waals surface area contributed by atoms with Crippen molar-refractivity contribution >= 4 is 11.9 Å². The number of rotatable bonds is 9. The van der Waals surface area contributed by atoms with Crippen LogP contribution in [0.25, 0.3) is 0 Å². The fourth-order valence-corrected chi connectivity index (χ4v) is 2.40. The molecule has 1 saturated heterocycles. The van der Waals surface area contributed by atoms with Crippen molar-refractivity contribution in [3.05, 3.63) is 5.21 Å². The van der Waals surface area contributed by atoms with E-state index in [0.717, 1.165) is 0 Å². The molecular weight excluding hydrogens is 330 g/mol. The van der Waals surface area contributed by atoms with Gasteiger partial charge in [-0.25, -0.2) is 4.79 Å². The van der Waals surface area contributed by atoms with E-state index in [1.807, 2.05) is 20.8 Å². The zero-order valence-electron chi connectivity index (χ0n) is 15.5. The highest BCUT2D eigenvalue weighted by Crippen LogP contribution is 2.18. The largest absolute Gasteiger partial charge is 0.569 e. The van der Waals surface area contributed by atoms with Gasteiger partial charge in [-0.1, -0.05) is 0 Å². The first kappa shape index (κ1) is 21.0. The van der Waals surface area contributed by atoms with Gasteiger partial charge in [0, 0.05) is 6.42 Å².